The molecule has 0 saturated carbocycles. The molecular formula is C18H21N3O3. The molecule has 1 atom stereocenters. The van der Waals surface area contributed by atoms with Gasteiger partial charge in [0.15, 0.2) is 0 Å². The molecule has 2 rings (SSSR count). The third-order valence-electron chi connectivity index (χ3n) is 3.29. The Balaban J connectivity index is 2.00. The monoisotopic (exact) mass is 327 g/mol. The van der Waals surface area contributed by atoms with E-state index in [0.29, 0.717) is 17.8 Å². The standard InChI is InChI=1S/C18H21N3O3/c1-2-5-15(13-22)24-21-18(23)16-6-3-4-7-17(16)20-12-14-8-10-19-11-9-14/h2-11,15,20,22H,12-13H2,1H3,(H,21,23). The lowest BCUT2D eigenvalue weighted by Crippen LogP contribution is -2.31. The summed E-state index contributed by atoms with van der Waals surface area (Å²) in [5.74, 6) is -0.379. The zero-order valence-electron chi connectivity index (χ0n) is 13.5. The molecular weight excluding hydrogens is 306 g/mol. The number of aliphatic hydroxyl groups excluding tert-OH is 1. The molecule has 1 unspecified atom stereocenters. The number of para-hydroxylation sites is 1. The zero-order valence-corrected chi connectivity index (χ0v) is 13.5. The molecule has 0 fully saturated rings. The van der Waals surface area contributed by atoms with Gasteiger partial charge in [0.1, 0.15) is 6.10 Å². The van der Waals surface area contributed by atoms with Gasteiger partial charge in [0, 0.05) is 24.6 Å². The molecule has 3 N–H and O–H groups in total. The second-order valence-electron chi connectivity index (χ2n) is 5.05. The maximum atomic E-state index is 12.3. The Hall–Kier alpha value is -2.70. The number of anilines is 1. The van der Waals surface area contributed by atoms with Crippen molar-refractivity contribution in [1.29, 1.82) is 0 Å². The molecule has 24 heavy (non-hydrogen) atoms. The molecule has 0 spiro atoms. The minimum absolute atomic E-state index is 0.216. The highest BCUT2D eigenvalue weighted by Crippen LogP contribution is 2.16. The number of pyridine rings is 1. The first-order chi connectivity index (χ1) is 11.7. The van der Waals surface area contributed by atoms with Crippen molar-refractivity contribution < 1.29 is 14.7 Å². The molecule has 0 bridgehead atoms. The lowest BCUT2D eigenvalue weighted by molar-refractivity contribution is -0.0170. The van der Waals surface area contributed by atoms with Gasteiger partial charge < -0.3 is 10.4 Å². The highest BCUT2D eigenvalue weighted by atomic mass is 16.7. The Morgan fingerprint density at radius 3 is 2.75 bits per heavy atom. The molecule has 0 aliphatic heterocycles. The number of hydrogen-bond acceptors (Lipinski definition) is 5. The van der Waals surface area contributed by atoms with Crippen molar-refractivity contribution >= 4 is 11.6 Å². The van der Waals surface area contributed by atoms with E-state index in [1.807, 2.05) is 31.2 Å². The molecule has 0 aliphatic carbocycles. The fourth-order valence-corrected chi connectivity index (χ4v) is 2.07. The van der Waals surface area contributed by atoms with Gasteiger partial charge in [0.05, 0.1) is 12.2 Å². The van der Waals surface area contributed by atoms with Crippen LogP contribution in [-0.2, 0) is 11.4 Å². The highest BCUT2D eigenvalue weighted by Gasteiger charge is 2.13. The van der Waals surface area contributed by atoms with Gasteiger partial charge >= 0.3 is 0 Å². The van der Waals surface area contributed by atoms with Crippen LogP contribution < -0.4 is 10.8 Å². The van der Waals surface area contributed by atoms with Crippen LogP contribution in [0.4, 0.5) is 5.69 Å². The van der Waals surface area contributed by atoms with Crippen molar-refractivity contribution in [3.05, 3.63) is 72.1 Å². The molecule has 6 heteroatoms. The normalized spacial score (nSPS) is 12.1. The number of aliphatic hydroxyl groups is 1. The summed E-state index contributed by atoms with van der Waals surface area (Å²) in [4.78, 5) is 21.5. The Morgan fingerprint density at radius 2 is 2.04 bits per heavy atom. The molecule has 126 valence electrons. The molecule has 0 saturated heterocycles. The van der Waals surface area contributed by atoms with Gasteiger partial charge in [-0.1, -0.05) is 24.3 Å². The van der Waals surface area contributed by atoms with Gasteiger partial charge in [-0.05, 0) is 36.8 Å². The number of carbonyl (C=O) groups excluding carboxylic acids is 1. The van der Waals surface area contributed by atoms with Crippen LogP contribution in [0.15, 0.2) is 60.9 Å². The quantitative estimate of drug-likeness (QED) is 0.512. The van der Waals surface area contributed by atoms with Crippen molar-refractivity contribution in [3.63, 3.8) is 0 Å². The maximum absolute atomic E-state index is 12.3. The van der Waals surface area contributed by atoms with Crippen molar-refractivity contribution in [2.45, 2.75) is 19.6 Å². The lowest BCUT2D eigenvalue weighted by Gasteiger charge is -2.14. The second-order valence-corrected chi connectivity index (χ2v) is 5.05. The number of amides is 1. The van der Waals surface area contributed by atoms with Gasteiger partial charge in [-0.25, -0.2) is 5.48 Å². The van der Waals surface area contributed by atoms with Crippen LogP contribution in [0.2, 0.25) is 0 Å². The van der Waals surface area contributed by atoms with Gasteiger partial charge in [-0.15, -0.1) is 0 Å². The van der Waals surface area contributed by atoms with E-state index in [0.717, 1.165) is 5.56 Å². The van der Waals surface area contributed by atoms with E-state index in [-0.39, 0.29) is 12.5 Å². The predicted molar refractivity (Wildman–Crippen MR) is 92.2 cm³/mol. The Bertz CT molecular complexity index is 674. The van der Waals surface area contributed by atoms with E-state index >= 15 is 0 Å². The molecule has 1 aromatic carbocycles. The van der Waals surface area contributed by atoms with E-state index < -0.39 is 6.10 Å². The first-order valence-corrected chi connectivity index (χ1v) is 7.66. The predicted octanol–water partition coefficient (Wildman–Crippen LogP) is 2.29. The van der Waals surface area contributed by atoms with Crippen LogP contribution in [0.1, 0.15) is 22.8 Å². The SMILES string of the molecule is CC=CC(CO)ONC(=O)c1ccccc1NCc1ccncc1. The largest absolute Gasteiger partial charge is 0.393 e. The number of nitrogens with one attached hydrogen (secondary N) is 2. The average molecular weight is 327 g/mol. The topological polar surface area (TPSA) is 83.5 Å². The number of benzene rings is 1. The van der Waals surface area contributed by atoms with Gasteiger partial charge in [0.2, 0.25) is 0 Å². The fourth-order valence-electron chi connectivity index (χ4n) is 2.07. The molecule has 6 nitrogen and oxygen atoms in total. The molecule has 2 aromatic rings. The summed E-state index contributed by atoms with van der Waals surface area (Å²) in [5.41, 5.74) is 4.59. The maximum Gasteiger partial charge on any atom is 0.276 e. The average Bonchev–Trinajstić information content (AvgIpc) is 2.64. The summed E-state index contributed by atoms with van der Waals surface area (Å²) in [6, 6.07) is 11.0. The number of rotatable bonds is 8. The Kier molecular flexibility index (Phi) is 6.94. The second kappa shape index (κ2) is 9.44. The van der Waals surface area contributed by atoms with Crippen molar-refractivity contribution in [2.75, 3.05) is 11.9 Å². The molecule has 1 amide bonds. The summed E-state index contributed by atoms with van der Waals surface area (Å²) < 4.78 is 0. The van der Waals surface area contributed by atoms with Crippen LogP contribution in [-0.4, -0.2) is 28.7 Å². The summed E-state index contributed by atoms with van der Waals surface area (Å²) in [6.45, 7) is 2.17. The third-order valence-corrected chi connectivity index (χ3v) is 3.29. The lowest BCUT2D eigenvalue weighted by atomic mass is 10.1. The molecule has 0 radical (unpaired) electrons. The minimum atomic E-state index is -0.573. The van der Waals surface area contributed by atoms with Crippen molar-refractivity contribution in [2.24, 2.45) is 0 Å². The van der Waals surface area contributed by atoms with Crippen LogP contribution in [0.5, 0.6) is 0 Å². The number of nitrogens with zero attached hydrogens (tertiary/aromatic N) is 1. The van der Waals surface area contributed by atoms with Crippen LogP contribution in [0.3, 0.4) is 0 Å². The van der Waals surface area contributed by atoms with E-state index in [2.05, 4.69) is 15.8 Å². The van der Waals surface area contributed by atoms with Gasteiger partial charge in [-0.3, -0.25) is 14.6 Å². The van der Waals surface area contributed by atoms with E-state index in [9.17, 15) is 4.79 Å². The van der Waals surface area contributed by atoms with Gasteiger partial charge in [-0.2, -0.15) is 0 Å². The Labute approximate surface area is 141 Å². The van der Waals surface area contributed by atoms with E-state index in [1.54, 1.807) is 36.7 Å². The first-order valence-electron chi connectivity index (χ1n) is 7.66. The number of aromatic nitrogens is 1. The molecule has 0 aliphatic rings. The zero-order chi connectivity index (χ0) is 17.2. The first kappa shape index (κ1) is 17.7. The summed E-state index contributed by atoms with van der Waals surface area (Å²) >= 11 is 0. The van der Waals surface area contributed by atoms with Gasteiger partial charge in [0.25, 0.3) is 5.91 Å². The smallest absolute Gasteiger partial charge is 0.276 e. The fraction of sp³-hybridized carbons (Fsp3) is 0.222. The summed E-state index contributed by atoms with van der Waals surface area (Å²) in [6.07, 6.45) is 6.28. The molecule has 1 aromatic heterocycles. The van der Waals surface area contributed by atoms with E-state index in [1.165, 1.54) is 0 Å². The molecule has 1 heterocycles. The minimum Gasteiger partial charge on any atom is -0.393 e. The number of hydroxylamine groups is 1. The number of hydrogen-bond donors (Lipinski definition) is 3. The highest BCUT2D eigenvalue weighted by molar-refractivity contribution is 5.99. The van der Waals surface area contributed by atoms with Crippen molar-refractivity contribution in [3.8, 4) is 0 Å². The third kappa shape index (κ3) is 5.19. The van der Waals surface area contributed by atoms with Crippen LogP contribution in [0, 0.1) is 0 Å². The summed E-state index contributed by atoms with van der Waals surface area (Å²) in [5, 5.41) is 12.4. The van der Waals surface area contributed by atoms with Crippen molar-refractivity contribution in [1.82, 2.24) is 10.5 Å². The summed E-state index contributed by atoms with van der Waals surface area (Å²) in [7, 11) is 0. The number of allylic oxidation sites excluding steroid dienone is 1. The van der Waals surface area contributed by atoms with Crippen LogP contribution >= 0.6 is 0 Å². The van der Waals surface area contributed by atoms with E-state index in [4.69, 9.17) is 9.94 Å². The van der Waals surface area contributed by atoms with Crippen LogP contribution in [0.25, 0.3) is 0 Å². The Morgan fingerprint density at radius 1 is 1.29 bits per heavy atom. The number of carbonyl (C=O) groups is 1.